The molecule has 0 radical (unpaired) electrons. The first kappa shape index (κ1) is 13.4. The van der Waals surface area contributed by atoms with Crippen molar-refractivity contribution in [3.05, 3.63) is 29.8 Å². The topological polar surface area (TPSA) is 89.0 Å². The van der Waals surface area contributed by atoms with Gasteiger partial charge in [-0.3, -0.25) is 0 Å². The molecule has 0 fully saturated rings. The molecule has 0 aliphatic rings. The summed E-state index contributed by atoms with van der Waals surface area (Å²) in [5, 5.41) is 6.27. The van der Waals surface area contributed by atoms with E-state index in [2.05, 4.69) is 20.6 Å². The van der Waals surface area contributed by atoms with E-state index >= 15 is 0 Å². The van der Waals surface area contributed by atoms with Crippen LogP contribution in [0.4, 0.5) is 17.5 Å². The van der Waals surface area contributed by atoms with E-state index in [1.807, 2.05) is 39.0 Å². The second kappa shape index (κ2) is 5.71. The van der Waals surface area contributed by atoms with Crippen molar-refractivity contribution in [2.45, 2.75) is 26.8 Å². The van der Waals surface area contributed by atoms with Crippen LogP contribution in [0.1, 0.15) is 18.5 Å². The third-order valence-electron chi connectivity index (χ3n) is 2.43. The van der Waals surface area contributed by atoms with Gasteiger partial charge < -0.3 is 20.8 Å². The number of aryl methyl sites for hydroxylation is 2. The van der Waals surface area contributed by atoms with Crippen LogP contribution in [0, 0.1) is 13.8 Å². The normalized spacial score (nSPS) is 12.2. The molecule has 2 heterocycles. The van der Waals surface area contributed by atoms with Crippen molar-refractivity contribution in [2.75, 3.05) is 17.2 Å². The van der Waals surface area contributed by atoms with Crippen LogP contribution in [0.2, 0.25) is 0 Å². The zero-order valence-electron chi connectivity index (χ0n) is 11.4. The minimum Gasteiger partial charge on any atom is -0.446 e. The smallest absolute Gasteiger partial charge is 0.198 e. The fourth-order valence-electron chi connectivity index (χ4n) is 1.62. The van der Waals surface area contributed by atoms with Gasteiger partial charge in [0.05, 0.1) is 0 Å². The molecular formula is C13H19N5O. The van der Waals surface area contributed by atoms with Crippen LogP contribution in [0.25, 0.3) is 0 Å². The summed E-state index contributed by atoms with van der Waals surface area (Å²) in [5.74, 6) is 3.63. The SMILES string of the molecule is Cc1nc(NCC(C)N)cc(Nc2ccc(C)o2)n1. The third kappa shape index (κ3) is 3.96. The average molecular weight is 261 g/mol. The molecule has 0 saturated carbocycles. The standard InChI is InChI=1S/C13H19N5O/c1-8(14)7-15-11-6-12(17-10(3)16-11)18-13-5-4-9(2)19-13/h4-6,8H,7,14H2,1-3H3,(H2,15,16,17,18). The Morgan fingerprint density at radius 3 is 2.63 bits per heavy atom. The Morgan fingerprint density at radius 2 is 2.00 bits per heavy atom. The molecule has 1 unspecified atom stereocenters. The fraction of sp³-hybridized carbons (Fsp3) is 0.385. The Bertz CT molecular complexity index is 550. The summed E-state index contributed by atoms with van der Waals surface area (Å²) < 4.78 is 5.45. The largest absolute Gasteiger partial charge is 0.446 e. The second-order valence-corrected chi connectivity index (χ2v) is 4.58. The minimum atomic E-state index is 0.0689. The third-order valence-corrected chi connectivity index (χ3v) is 2.43. The number of hydrogen-bond donors (Lipinski definition) is 3. The summed E-state index contributed by atoms with van der Waals surface area (Å²) in [6.45, 7) is 6.34. The Balaban J connectivity index is 2.12. The van der Waals surface area contributed by atoms with Crippen LogP contribution >= 0.6 is 0 Å². The summed E-state index contributed by atoms with van der Waals surface area (Å²) in [4.78, 5) is 8.62. The van der Waals surface area contributed by atoms with E-state index in [-0.39, 0.29) is 6.04 Å². The average Bonchev–Trinajstić information content (AvgIpc) is 2.71. The number of hydrogen-bond acceptors (Lipinski definition) is 6. The maximum absolute atomic E-state index is 5.71. The van der Waals surface area contributed by atoms with E-state index in [1.165, 1.54) is 0 Å². The van der Waals surface area contributed by atoms with Crippen molar-refractivity contribution >= 4 is 17.5 Å². The van der Waals surface area contributed by atoms with Gasteiger partial charge in [-0.25, -0.2) is 9.97 Å². The van der Waals surface area contributed by atoms with Gasteiger partial charge in [0.25, 0.3) is 0 Å². The summed E-state index contributed by atoms with van der Waals surface area (Å²) in [6.07, 6.45) is 0. The number of nitrogens with two attached hydrogens (primary N) is 1. The lowest BCUT2D eigenvalue weighted by Gasteiger charge is -2.10. The van der Waals surface area contributed by atoms with E-state index in [1.54, 1.807) is 0 Å². The zero-order chi connectivity index (χ0) is 13.8. The molecule has 0 aliphatic carbocycles. The van der Waals surface area contributed by atoms with Gasteiger partial charge in [-0.15, -0.1) is 0 Å². The molecule has 1 atom stereocenters. The highest BCUT2D eigenvalue weighted by molar-refractivity contribution is 5.55. The van der Waals surface area contributed by atoms with Crippen LogP contribution in [0.15, 0.2) is 22.6 Å². The molecule has 19 heavy (non-hydrogen) atoms. The van der Waals surface area contributed by atoms with Gasteiger partial charge in [0.2, 0.25) is 0 Å². The van der Waals surface area contributed by atoms with Crippen molar-refractivity contribution in [2.24, 2.45) is 5.73 Å². The Labute approximate surface area is 112 Å². The molecule has 0 saturated heterocycles. The highest BCUT2D eigenvalue weighted by atomic mass is 16.4. The van der Waals surface area contributed by atoms with E-state index in [4.69, 9.17) is 10.2 Å². The highest BCUT2D eigenvalue weighted by Crippen LogP contribution is 2.19. The predicted molar refractivity (Wildman–Crippen MR) is 75.6 cm³/mol. The van der Waals surface area contributed by atoms with Crippen molar-refractivity contribution in [3.63, 3.8) is 0 Å². The molecule has 6 nitrogen and oxygen atoms in total. The molecule has 0 bridgehead atoms. The molecule has 2 rings (SSSR count). The zero-order valence-corrected chi connectivity index (χ0v) is 11.4. The highest BCUT2D eigenvalue weighted by Gasteiger charge is 2.05. The molecule has 0 amide bonds. The number of anilines is 3. The maximum atomic E-state index is 5.71. The van der Waals surface area contributed by atoms with Crippen LogP contribution in [0.3, 0.4) is 0 Å². The van der Waals surface area contributed by atoms with Gasteiger partial charge in [-0.05, 0) is 26.8 Å². The maximum Gasteiger partial charge on any atom is 0.198 e. The van der Waals surface area contributed by atoms with Crippen LogP contribution < -0.4 is 16.4 Å². The molecule has 6 heteroatoms. The van der Waals surface area contributed by atoms with Crippen LogP contribution in [-0.2, 0) is 0 Å². The number of furan rings is 1. The molecule has 2 aromatic heterocycles. The Kier molecular flexibility index (Phi) is 4.01. The molecular weight excluding hydrogens is 242 g/mol. The summed E-state index contributed by atoms with van der Waals surface area (Å²) in [5.41, 5.74) is 5.71. The lowest BCUT2D eigenvalue weighted by atomic mass is 10.3. The quantitative estimate of drug-likeness (QED) is 0.764. The Hall–Kier alpha value is -2.08. The van der Waals surface area contributed by atoms with Gasteiger partial charge >= 0.3 is 0 Å². The van der Waals surface area contributed by atoms with E-state index in [0.717, 1.165) is 11.6 Å². The molecule has 102 valence electrons. The molecule has 0 spiro atoms. The summed E-state index contributed by atoms with van der Waals surface area (Å²) >= 11 is 0. The molecule has 2 aromatic rings. The van der Waals surface area contributed by atoms with E-state index in [9.17, 15) is 0 Å². The van der Waals surface area contributed by atoms with Crippen molar-refractivity contribution < 1.29 is 4.42 Å². The van der Waals surface area contributed by atoms with E-state index in [0.29, 0.717) is 24.1 Å². The summed E-state index contributed by atoms with van der Waals surface area (Å²) in [7, 11) is 0. The molecule has 0 aliphatic heterocycles. The first-order chi connectivity index (χ1) is 9.02. The number of nitrogens with zero attached hydrogens (tertiary/aromatic N) is 2. The second-order valence-electron chi connectivity index (χ2n) is 4.58. The monoisotopic (exact) mass is 261 g/mol. The van der Waals surface area contributed by atoms with Gasteiger partial charge in [-0.2, -0.15) is 0 Å². The molecule has 0 aromatic carbocycles. The fourth-order valence-corrected chi connectivity index (χ4v) is 1.62. The van der Waals surface area contributed by atoms with Crippen molar-refractivity contribution in [3.8, 4) is 0 Å². The van der Waals surface area contributed by atoms with Gasteiger partial charge in [0, 0.05) is 24.7 Å². The van der Waals surface area contributed by atoms with E-state index < -0.39 is 0 Å². The Morgan fingerprint density at radius 1 is 1.26 bits per heavy atom. The molecule has 4 N–H and O–H groups in total. The van der Waals surface area contributed by atoms with Gasteiger partial charge in [0.1, 0.15) is 23.2 Å². The van der Waals surface area contributed by atoms with Crippen molar-refractivity contribution in [1.29, 1.82) is 0 Å². The number of rotatable bonds is 5. The lowest BCUT2D eigenvalue weighted by molar-refractivity contribution is 0.551. The lowest BCUT2D eigenvalue weighted by Crippen LogP contribution is -2.25. The van der Waals surface area contributed by atoms with Crippen molar-refractivity contribution in [1.82, 2.24) is 9.97 Å². The van der Waals surface area contributed by atoms with Crippen LogP contribution in [-0.4, -0.2) is 22.6 Å². The number of aromatic nitrogens is 2. The number of nitrogens with one attached hydrogen (secondary N) is 2. The first-order valence-corrected chi connectivity index (χ1v) is 6.21. The minimum absolute atomic E-state index is 0.0689. The van der Waals surface area contributed by atoms with Crippen LogP contribution in [0.5, 0.6) is 0 Å². The first-order valence-electron chi connectivity index (χ1n) is 6.21. The predicted octanol–water partition coefficient (Wildman–Crippen LogP) is 2.19. The summed E-state index contributed by atoms with van der Waals surface area (Å²) in [6, 6.07) is 5.65. The van der Waals surface area contributed by atoms with Gasteiger partial charge in [-0.1, -0.05) is 0 Å². The van der Waals surface area contributed by atoms with Gasteiger partial charge in [0.15, 0.2) is 5.88 Å².